The van der Waals surface area contributed by atoms with E-state index in [1.165, 1.54) is 0 Å². The third-order valence-electron chi connectivity index (χ3n) is 1.86. The normalized spacial score (nSPS) is 13.0. The fourth-order valence-electron chi connectivity index (χ4n) is 1.16. The number of nitrogens with zero attached hydrogens (tertiary/aromatic N) is 2. The van der Waals surface area contributed by atoms with E-state index in [1.807, 2.05) is 18.4 Å². The van der Waals surface area contributed by atoms with Gasteiger partial charge >= 0.3 is 0 Å². The van der Waals surface area contributed by atoms with E-state index in [-0.39, 0.29) is 6.04 Å². The molecule has 1 unspecified atom stereocenters. The lowest BCUT2D eigenvalue weighted by molar-refractivity contribution is 0.899. The Hall–Kier alpha value is -0.870. The highest BCUT2D eigenvalue weighted by Crippen LogP contribution is 2.25. The summed E-state index contributed by atoms with van der Waals surface area (Å²) in [6.07, 6.45) is 1.57. The van der Waals surface area contributed by atoms with E-state index in [2.05, 4.69) is 15.3 Å². The fraction of sp³-hybridized carbons (Fsp3) is 0.333. The van der Waals surface area contributed by atoms with Gasteiger partial charge in [-0.3, -0.25) is 0 Å². The van der Waals surface area contributed by atoms with Crippen molar-refractivity contribution in [1.82, 2.24) is 9.97 Å². The molecule has 0 saturated carbocycles. The highest BCUT2D eigenvalue weighted by molar-refractivity contribution is 7.17. The standard InChI is InChI=1S/C9H10ClN3S/c1-6(4-10)13-9-8-7(2-3-14-8)11-5-12-9/h2-3,5-6H,4H2,1H3,(H,11,12,13). The topological polar surface area (TPSA) is 37.8 Å². The molecule has 1 N–H and O–H groups in total. The lowest BCUT2D eigenvalue weighted by Crippen LogP contribution is -2.17. The Morgan fingerprint density at radius 1 is 1.57 bits per heavy atom. The van der Waals surface area contributed by atoms with E-state index in [4.69, 9.17) is 11.6 Å². The molecule has 2 rings (SSSR count). The van der Waals surface area contributed by atoms with Crippen LogP contribution in [0.2, 0.25) is 0 Å². The minimum absolute atomic E-state index is 0.219. The predicted octanol–water partition coefficient (Wildman–Crippen LogP) is 2.73. The van der Waals surface area contributed by atoms with Crippen molar-refractivity contribution in [3.05, 3.63) is 17.8 Å². The minimum Gasteiger partial charge on any atom is -0.365 e. The SMILES string of the molecule is CC(CCl)Nc1ncnc2ccsc12. The summed E-state index contributed by atoms with van der Waals surface area (Å²) in [4.78, 5) is 8.36. The molecule has 2 heterocycles. The van der Waals surface area contributed by atoms with Gasteiger partial charge in [0.1, 0.15) is 12.1 Å². The minimum atomic E-state index is 0.219. The average molecular weight is 228 g/mol. The Labute approximate surface area is 91.1 Å². The summed E-state index contributed by atoms with van der Waals surface area (Å²) in [6.45, 7) is 2.02. The lowest BCUT2D eigenvalue weighted by Gasteiger charge is -2.10. The van der Waals surface area contributed by atoms with Crippen LogP contribution in [0.15, 0.2) is 17.8 Å². The van der Waals surface area contributed by atoms with Gasteiger partial charge in [-0.2, -0.15) is 0 Å². The molecule has 0 radical (unpaired) electrons. The molecule has 0 aliphatic heterocycles. The average Bonchev–Trinajstić information content (AvgIpc) is 2.66. The summed E-state index contributed by atoms with van der Waals surface area (Å²) in [7, 11) is 0. The third kappa shape index (κ3) is 1.81. The molecule has 0 aliphatic rings. The van der Waals surface area contributed by atoms with Crippen LogP contribution in [0.4, 0.5) is 5.82 Å². The van der Waals surface area contributed by atoms with Gasteiger partial charge < -0.3 is 5.32 Å². The number of aromatic nitrogens is 2. The maximum absolute atomic E-state index is 5.72. The van der Waals surface area contributed by atoms with Crippen molar-refractivity contribution in [2.45, 2.75) is 13.0 Å². The first-order valence-electron chi connectivity index (χ1n) is 4.32. The highest BCUT2D eigenvalue weighted by Gasteiger charge is 2.06. The van der Waals surface area contributed by atoms with Crippen LogP contribution in [0.1, 0.15) is 6.92 Å². The monoisotopic (exact) mass is 227 g/mol. The Morgan fingerprint density at radius 3 is 3.21 bits per heavy atom. The van der Waals surface area contributed by atoms with Crippen LogP contribution in [0.5, 0.6) is 0 Å². The van der Waals surface area contributed by atoms with Crippen molar-refractivity contribution in [3.63, 3.8) is 0 Å². The van der Waals surface area contributed by atoms with Gasteiger partial charge in [0.15, 0.2) is 0 Å². The van der Waals surface area contributed by atoms with E-state index in [0.29, 0.717) is 5.88 Å². The summed E-state index contributed by atoms with van der Waals surface area (Å²) < 4.78 is 1.09. The number of fused-ring (bicyclic) bond motifs is 1. The first kappa shape index (κ1) is 9.68. The predicted molar refractivity (Wildman–Crippen MR) is 61.2 cm³/mol. The van der Waals surface area contributed by atoms with Gasteiger partial charge in [-0.05, 0) is 18.4 Å². The number of hydrogen-bond donors (Lipinski definition) is 1. The molecule has 2 aromatic heterocycles. The molecule has 0 aromatic carbocycles. The number of nitrogens with one attached hydrogen (secondary N) is 1. The second-order valence-corrected chi connectivity index (χ2v) is 4.28. The quantitative estimate of drug-likeness (QED) is 0.820. The van der Waals surface area contributed by atoms with Crippen molar-refractivity contribution in [3.8, 4) is 0 Å². The summed E-state index contributed by atoms with van der Waals surface area (Å²) in [6, 6.07) is 2.20. The Kier molecular flexibility index (Phi) is 2.84. The van der Waals surface area contributed by atoms with Gasteiger partial charge in [0, 0.05) is 11.9 Å². The van der Waals surface area contributed by atoms with Crippen LogP contribution < -0.4 is 5.32 Å². The van der Waals surface area contributed by atoms with Crippen LogP contribution in [0.3, 0.4) is 0 Å². The second kappa shape index (κ2) is 4.11. The third-order valence-corrected chi connectivity index (χ3v) is 3.23. The van der Waals surface area contributed by atoms with Crippen molar-refractivity contribution in [2.24, 2.45) is 0 Å². The largest absolute Gasteiger partial charge is 0.365 e. The van der Waals surface area contributed by atoms with Crippen LogP contribution in [-0.4, -0.2) is 21.9 Å². The molecule has 0 spiro atoms. The molecule has 0 bridgehead atoms. The van der Waals surface area contributed by atoms with Crippen LogP contribution in [-0.2, 0) is 0 Å². The molecular formula is C9H10ClN3S. The van der Waals surface area contributed by atoms with E-state index in [1.54, 1.807) is 17.7 Å². The molecule has 0 amide bonds. The van der Waals surface area contributed by atoms with Crippen LogP contribution in [0.25, 0.3) is 10.2 Å². The van der Waals surface area contributed by atoms with Crippen LogP contribution in [0, 0.1) is 0 Å². The van der Waals surface area contributed by atoms with Gasteiger partial charge in [-0.15, -0.1) is 22.9 Å². The summed E-state index contributed by atoms with van der Waals surface area (Å²) in [5.74, 6) is 1.44. The Balaban J connectivity index is 2.36. The molecule has 3 nitrogen and oxygen atoms in total. The molecule has 0 fully saturated rings. The zero-order valence-corrected chi connectivity index (χ0v) is 9.27. The molecule has 5 heteroatoms. The maximum atomic E-state index is 5.72. The number of halogens is 1. The highest BCUT2D eigenvalue weighted by atomic mass is 35.5. The molecule has 14 heavy (non-hydrogen) atoms. The first-order chi connectivity index (χ1) is 6.81. The van der Waals surface area contributed by atoms with Crippen molar-refractivity contribution >= 4 is 39.0 Å². The Bertz CT molecular complexity index is 429. The summed E-state index contributed by atoms with van der Waals surface area (Å²) >= 11 is 7.36. The van der Waals surface area contributed by atoms with E-state index in [9.17, 15) is 0 Å². The number of anilines is 1. The molecule has 2 aromatic rings. The van der Waals surface area contributed by atoms with Gasteiger partial charge in [0.2, 0.25) is 0 Å². The molecule has 0 saturated heterocycles. The molecule has 0 aliphatic carbocycles. The zero-order chi connectivity index (χ0) is 9.97. The number of rotatable bonds is 3. The second-order valence-electron chi connectivity index (χ2n) is 3.06. The van der Waals surface area contributed by atoms with E-state index >= 15 is 0 Å². The molecule has 1 atom stereocenters. The van der Waals surface area contributed by atoms with Crippen molar-refractivity contribution in [2.75, 3.05) is 11.2 Å². The van der Waals surface area contributed by atoms with E-state index < -0.39 is 0 Å². The Morgan fingerprint density at radius 2 is 2.43 bits per heavy atom. The zero-order valence-electron chi connectivity index (χ0n) is 7.70. The van der Waals surface area contributed by atoms with Gasteiger partial charge in [0.25, 0.3) is 0 Å². The summed E-state index contributed by atoms with van der Waals surface area (Å²) in [5, 5.41) is 5.26. The smallest absolute Gasteiger partial charge is 0.147 e. The number of thiophene rings is 1. The van der Waals surface area contributed by atoms with Crippen molar-refractivity contribution in [1.29, 1.82) is 0 Å². The number of alkyl halides is 1. The maximum Gasteiger partial charge on any atom is 0.147 e. The lowest BCUT2D eigenvalue weighted by atomic mass is 10.3. The molecule has 74 valence electrons. The fourth-order valence-corrected chi connectivity index (χ4v) is 2.04. The first-order valence-corrected chi connectivity index (χ1v) is 5.73. The summed E-state index contributed by atoms with van der Waals surface area (Å²) in [5.41, 5.74) is 0.981. The molecular weight excluding hydrogens is 218 g/mol. The van der Waals surface area contributed by atoms with Gasteiger partial charge in [0.05, 0.1) is 10.2 Å². The van der Waals surface area contributed by atoms with E-state index in [0.717, 1.165) is 16.0 Å². The van der Waals surface area contributed by atoms with Gasteiger partial charge in [-0.1, -0.05) is 0 Å². The van der Waals surface area contributed by atoms with Crippen LogP contribution >= 0.6 is 22.9 Å². The number of hydrogen-bond acceptors (Lipinski definition) is 4. The van der Waals surface area contributed by atoms with Crippen molar-refractivity contribution < 1.29 is 0 Å². The van der Waals surface area contributed by atoms with Gasteiger partial charge in [-0.25, -0.2) is 9.97 Å².